The van der Waals surface area contributed by atoms with Gasteiger partial charge in [-0.3, -0.25) is 4.79 Å². The van der Waals surface area contributed by atoms with Gasteiger partial charge in [0.1, 0.15) is 11.3 Å². The molecule has 1 aliphatic heterocycles. The van der Waals surface area contributed by atoms with Gasteiger partial charge < -0.3 is 14.8 Å². The fraction of sp³-hybridized carbons (Fsp3) is 0. The van der Waals surface area contributed by atoms with Gasteiger partial charge in [-0.1, -0.05) is 36.4 Å². The van der Waals surface area contributed by atoms with Gasteiger partial charge in [0.15, 0.2) is 5.43 Å². The van der Waals surface area contributed by atoms with Crippen LogP contribution in [0.5, 0.6) is 0 Å². The van der Waals surface area contributed by atoms with Crippen LogP contribution in [0.15, 0.2) is 100 Å². The molecule has 0 radical (unpaired) electrons. The van der Waals surface area contributed by atoms with E-state index in [1.165, 1.54) is 12.1 Å². The molecule has 1 aliphatic carbocycles. The zero-order valence-corrected chi connectivity index (χ0v) is 16.3. The van der Waals surface area contributed by atoms with Gasteiger partial charge in [-0.2, -0.15) is 0 Å². The zero-order chi connectivity index (χ0) is 21.4. The van der Waals surface area contributed by atoms with Gasteiger partial charge in [0.2, 0.25) is 0 Å². The molecule has 2 N–H and O–H groups in total. The van der Waals surface area contributed by atoms with Gasteiger partial charge in [-0.15, -0.1) is 0 Å². The smallest absolute Gasteiger partial charge is 0.336 e. The van der Waals surface area contributed by atoms with E-state index in [0.717, 1.165) is 22.3 Å². The number of nitrogens with one attached hydrogen (secondary N) is 1. The van der Waals surface area contributed by atoms with Crippen LogP contribution >= 0.6 is 0 Å². The minimum absolute atomic E-state index is 0.174. The first-order chi connectivity index (χ1) is 15.1. The molecule has 0 bridgehead atoms. The van der Waals surface area contributed by atoms with Gasteiger partial charge >= 0.3 is 5.97 Å². The van der Waals surface area contributed by atoms with Crippen molar-refractivity contribution in [3.05, 3.63) is 107 Å². The fourth-order valence-electron chi connectivity index (χ4n) is 3.81. The van der Waals surface area contributed by atoms with Gasteiger partial charge in [-0.25, -0.2) is 4.79 Å². The van der Waals surface area contributed by atoms with E-state index in [1.54, 1.807) is 30.3 Å². The topological polar surface area (TPSA) is 79.5 Å². The second kappa shape index (κ2) is 7.46. The molecule has 0 saturated carbocycles. The molecule has 0 spiro atoms. The van der Waals surface area contributed by atoms with Crippen molar-refractivity contribution in [2.75, 3.05) is 5.32 Å². The number of rotatable bonds is 4. The third kappa shape index (κ3) is 3.42. The number of hydrogen-bond acceptors (Lipinski definition) is 4. The number of aromatic carboxylic acids is 1. The van der Waals surface area contributed by atoms with Crippen molar-refractivity contribution in [3.63, 3.8) is 0 Å². The van der Waals surface area contributed by atoms with Crippen LogP contribution in [-0.4, -0.2) is 11.1 Å². The molecular weight excluding hydrogens is 390 g/mol. The van der Waals surface area contributed by atoms with E-state index in [1.807, 2.05) is 48.5 Å². The molecule has 0 amide bonds. The predicted octanol–water partition coefficient (Wildman–Crippen LogP) is 6.01. The number of para-hydroxylation sites is 1. The average molecular weight is 407 g/mol. The maximum atomic E-state index is 12.0. The van der Waals surface area contributed by atoms with Gasteiger partial charge in [-0.05, 0) is 48.0 Å². The summed E-state index contributed by atoms with van der Waals surface area (Å²) < 4.78 is 6.08. The van der Waals surface area contributed by atoms with Crippen LogP contribution in [0, 0.1) is 0 Å². The lowest BCUT2D eigenvalue weighted by Crippen LogP contribution is -2.03. The molecule has 0 unspecified atom stereocenters. The molecule has 5 heteroatoms. The lowest BCUT2D eigenvalue weighted by atomic mass is 9.91. The highest BCUT2D eigenvalue weighted by molar-refractivity contribution is 6.07. The second-order valence-electron chi connectivity index (χ2n) is 7.19. The van der Waals surface area contributed by atoms with E-state index >= 15 is 0 Å². The first-order valence-electron chi connectivity index (χ1n) is 9.75. The summed E-state index contributed by atoms with van der Waals surface area (Å²) >= 11 is 0. The molecule has 0 atom stereocenters. The third-order valence-corrected chi connectivity index (χ3v) is 5.18. The summed E-state index contributed by atoms with van der Waals surface area (Å²) in [4.78, 5) is 23.9. The highest BCUT2D eigenvalue weighted by Gasteiger charge is 2.21. The molecule has 0 fully saturated rings. The standard InChI is InChI=1S/C26H17NO4/c28-18-11-13-22-24(15-18)31-23-14-17(27-16-6-2-1-3-7-16)10-12-21(23)25(22)19-8-4-5-9-20(19)26(29)30/h1-15,27H,(H,29,30). The van der Waals surface area contributed by atoms with E-state index in [9.17, 15) is 14.7 Å². The van der Waals surface area contributed by atoms with Gasteiger partial charge in [0.05, 0.1) is 5.56 Å². The molecule has 0 saturated heterocycles. The normalized spacial score (nSPS) is 11.0. The Balaban J connectivity index is 1.79. The van der Waals surface area contributed by atoms with Crippen molar-refractivity contribution in [1.82, 2.24) is 0 Å². The Kier molecular flexibility index (Phi) is 4.49. The largest absolute Gasteiger partial charge is 0.478 e. The molecule has 3 aromatic rings. The average Bonchev–Trinajstić information content (AvgIpc) is 2.78. The van der Waals surface area contributed by atoms with E-state index in [4.69, 9.17) is 4.42 Å². The molecule has 3 aromatic carbocycles. The number of hydrogen-bond donors (Lipinski definition) is 2. The molecule has 5 nitrogen and oxygen atoms in total. The van der Waals surface area contributed by atoms with Crippen LogP contribution < -0.4 is 10.7 Å². The van der Waals surface area contributed by atoms with Crippen LogP contribution in [0.2, 0.25) is 0 Å². The van der Waals surface area contributed by atoms with Crippen LogP contribution in [0.25, 0.3) is 33.4 Å². The molecule has 150 valence electrons. The van der Waals surface area contributed by atoms with Crippen molar-refractivity contribution in [1.29, 1.82) is 0 Å². The SMILES string of the molecule is O=C(O)c1ccccc1-c1c2ccc(=O)cc-2oc2cc(Nc3ccccc3)ccc12. The second-order valence-corrected chi connectivity index (χ2v) is 7.19. The highest BCUT2D eigenvalue weighted by atomic mass is 16.4. The van der Waals surface area contributed by atoms with Gasteiger partial charge in [0, 0.05) is 40.0 Å². The Morgan fingerprint density at radius 2 is 1.55 bits per heavy atom. The van der Waals surface area contributed by atoms with E-state index < -0.39 is 5.97 Å². The minimum Gasteiger partial charge on any atom is -0.478 e. The number of carboxylic acid groups (broad SMARTS) is 1. The van der Waals surface area contributed by atoms with Crippen LogP contribution in [0.4, 0.5) is 11.4 Å². The summed E-state index contributed by atoms with van der Waals surface area (Å²) in [6, 6.07) is 26.9. The van der Waals surface area contributed by atoms with Crippen LogP contribution in [0.3, 0.4) is 0 Å². The zero-order valence-electron chi connectivity index (χ0n) is 16.3. The summed E-state index contributed by atoms with van der Waals surface area (Å²) in [5.74, 6) is -0.604. The Bertz CT molecular complexity index is 1450. The first-order valence-corrected chi connectivity index (χ1v) is 9.75. The van der Waals surface area contributed by atoms with Crippen molar-refractivity contribution in [2.45, 2.75) is 0 Å². The monoisotopic (exact) mass is 407 g/mol. The highest BCUT2D eigenvalue weighted by Crippen LogP contribution is 2.41. The van der Waals surface area contributed by atoms with Crippen molar-refractivity contribution in [3.8, 4) is 22.5 Å². The van der Waals surface area contributed by atoms with Crippen molar-refractivity contribution >= 4 is 28.3 Å². The first kappa shape index (κ1) is 18.6. The predicted molar refractivity (Wildman–Crippen MR) is 121 cm³/mol. The maximum Gasteiger partial charge on any atom is 0.336 e. The number of fused-ring (bicyclic) bond motifs is 2. The lowest BCUT2D eigenvalue weighted by molar-refractivity contribution is 0.0697. The Morgan fingerprint density at radius 1 is 0.774 bits per heavy atom. The van der Waals surface area contributed by atoms with Gasteiger partial charge in [0.25, 0.3) is 0 Å². The van der Waals surface area contributed by atoms with E-state index in [0.29, 0.717) is 22.5 Å². The fourth-order valence-corrected chi connectivity index (χ4v) is 3.81. The molecule has 2 aliphatic rings. The summed E-state index contributed by atoms with van der Waals surface area (Å²) in [6.45, 7) is 0. The minimum atomic E-state index is -1.01. The number of carbonyl (C=O) groups is 1. The van der Waals surface area contributed by atoms with Crippen molar-refractivity contribution < 1.29 is 14.3 Å². The molecule has 31 heavy (non-hydrogen) atoms. The third-order valence-electron chi connectivity index (χ3n) is 5.18. The van der Waals surface area contributed by atoms with E-state index in [2.05, 4.69) is 5.32 Å². The maximum absolute atomic E-state index is 12.0. The Hall–Kier alpha value is -4.38. The van der Waals surface area contributed by atoms with Crippen molar-refractivity contribution in [2.24, 2.45) is 0 Å². The molecule has 0 aromatic heterocycles. The van der Waals surface area contributed by atoms with Crippen LogP contribution in [-0.2, 0) is 0 Å². The van der Waals surface area contributed by atoms with E-state index in [-0.39, 0.29) is 11.0 Å². The number of benzene rings is 4. The molecule has 1 heterocycles. The molecular formula is C26H17NO4. The Morgan fingerprint density at radius 3 is 2.35 bits per heavy atom. The summed E-state index contributed by atoms with van der Waals surface area (Å²) in [6.07, 6.45) is 0. The quantitative estimate of drug-likeness (QED) is 0.357. The summed E-state index contributed by atoms with van der Waals surface area (Å²) in [5.41, 5.74) is 4.29. The number of anilines is 2. The summed E-state index contributed by atoms with van der Waals surface area (Å²) in [7, 11) is 0. The lowest BCUT2D eigenvalue weighted by Gasteiger charge is -2.17. The Labute approximate surface area is 177 Å². The molecule has 5 rings (SSSR count). The summed E-state index contributed by atoms with van der Waals surface area (Å²) in [5, 5.41) is 13.8. The van der Waals surface area contributed by atoms with Crippen LogP contribution in [0.1, 0.15) is 10.4 Å². The number of carboxylic acids is 1.